The van der Waals surface area contributed by atoms with E-state index >= 15 is 0 Å². The number of aromatic nitrogens is 3. The third-order valence-electron chi connectivity index (χ3n) is 5.35. The predicted octanol–water partition coefficient (Wildman–Crippen LogP) is 4.19. The maximum atomic E-state index is 13.5. The topological polar surface area (TPSA) is 51.0 Å². The summed E-state index contributed by atoms with van der Waals surface area (Å²) in [7, 11) is 1.91. The molecule has 3 rings (SSSR count). The summed E-state index contributed by atoms with van der Waals surface area (Å²) in [6.45, 7) is 9.23. The van der Waals surface area contributed by atoms with E-state index in [0.29, 0.717) is 5.92 Å². The smallest absolute Gasteiger partial charge is 0.254 e. The molecule has 25 heavy (non-hydrogen) atoms. The molecule has 1 atom stereocenters. The summed E-state index contributed by atoms with van der Waals surface area (Å²) in [5.41, 5.74) is 3.56. The van der Waals surface area contributed by atoms with Crippen LogP contribution in [0.3, 0.4) is 0 Å². The average molecular weight is 342 g/mol. The lowest BCUT2D eigenvalue weighted by Gasteiger charge is -2.29. The molecule has 1 amide bonds. The molecule has 0 bridgehead atoms. The van der Waals surface area contributed by atoms with Crippen LogP contribution in [0.25, 0.3) is 11.0 Å². The molecule has 2 heterocycles. The molecule has 2 aromatic rings. The van der Waals surface area contributed by atoms with Gasteiger partial charge >= 0.3 is 0 Å². The first-order valence-electron chi connectivity index (χ1n) is 9.63. The zero-order chi connectivity index (χ0) is 18.1. The quantitative estimate of drug-likeness (QED) is 0.758. The second-order valence-electron chi connectivity index (χ2n) is 7.39. The largest absolute Gasteiger partial charge is 0.336 e. The molecule has 1 unspecified atom stereocenters. The Bertz CT molecular complexity index is 776. The minimum absolute atomic E-state index is 0.133. The maximum Gasteiger partial charge on any atom is 0.254 e. The molecular weight excluding hydrogens is 312 g/mol. The van der Waals surface area contributed by atoms with Gasteiger partial charge in [0.1, 0.15) is 0 Å². The third kappa shape index (κ3) is 3.42. The molecule has 0 N–H and O–H groups in total. The fourth-order valence-electron chi connectivity index (χ4n) is 3.45. The number of amides is 1. The van der Waals surface area contributed by atoms with Crippen LogP contribution in [-0.4, -0.2) is 38.2 Å². The molecular formula is C20H30N4O. The SMILES string of the molecule is CCCCN(C(=O)c1cc(C2CC2)nc2c1c(C)nn2C)C(C)CC. The van der Waals surface area contributed by atoms with Gasteiger partial charge < -0.3 is 4.90 Å². The van der Waals surface area contributed by atoms with E-state index in [4.69, 9.17) is 4.98 Å². The highest BCUT2D eigenvalue weighted by Crippen LogP contribution is 2.40. The Hall–Kier alpha value is -1.91. The molecule has 1 aliphatic rings. The minimum Gasteiger partial charge on any atom is -0.336 e. The molecule has 0 aliphatic heterocycles. The minimum atomic E-state index is 0.133. The molecule has 0 radical (unpaired) electrons. The molecule has 2 aromatic heterocycles. The van der Waals surface area contributed by atoms with Crippen molar-refractivity contribution in [1.29, 1.82) is 0 Å². The van der Waals surface area contributed by atoms with Crippen LogP contribution < -0.4 is 0 Å². The van der Waals surface area contributed by atoms with Crippen LogP contribution in [0.1, 0.15) is 80.5 Å². The van der Waals surface area contributed by atoms with Crippen LogP contribution in [0.5, 0.6) is 0 Å². The number of aryl methyl sites for hydroxylation is 2. The van der Waals surface area contributed by atoms with Crippen molar-refractivity contribution in [2.24, 2.45) is 7.05 Å². The van der Waals surface area contributed by atoms with Gasteiger partial charge in [0, 0.05) is 31.2 Å². The van der Waals surface area contributed by atoms with Crippen molar-refractivity contribution in [2.75, 3.05) is 6.54 Å². The lowest BCUT2D eigenvalue weighted by atomic mass is 10.0. The van der Waals surface area contributed by atoms with Gasteiger partial charge in [0.25, 0.3) is 5.91 Å². The van der Waals surface area contributed by atoms with Crippen molar-refractivity contribution in [2.45, 2.75) is 71.8 Å². The molecule has 5 nitrogen and oxygen atoms in total. The zero-order valence-electron chi connectivity index (χ0n) is 16.2. The van der Waals surface area contributed by atoms with Crippen LogP contribution in [0.4, 0.5) is 0 Å². The van der Waals surface area contributed by atoms with Gasteiger partial charge in [-0.25, -0.2) is 4.98 Å². The fraction of sp³-hybridized carbons (Fsp3) is 0.650. The van der Waals surface area contributed by atoms with Gasteiger partial charge in [-0.1, -0.05) is 20.3 Å². The number of carbonyl (C=O) groups is 1. The number of fused-ring (bicyclic) bond motifs is 1. The van der Waals surface area contributed by atoms with E-state index in [9.17, 15) is 4.79 Å². The van der Waals surface area contributed by atoms with Gasteiger partial charge in [-0.15, -0.1) is 0 Å². The summed E-state index contributed by atoms with van der Waals surface area (Å²) in [5, 5.41) is 5.44. The lowest BCUT2D eigenvalue weighted by molar-refractivity contribution is 0.0687. The van der Waals surface area contributed by atoms with Crippen LogP contribution in [0.2, 0.25) is 0 Å². The molecule has 1 saturated carbocycles. The van der Waals surface area contributed by atoms with Gasteiger partial charge in [0.05, 0.1) is 16.6 Å². The molecule has 5 heteroatoms. The standard InChI is InChI=1S/C20H30N4O/c1-6-8-11-24(13(3)7-2)20(25)16-12-17(15-9-10-15)21-19-18(16)14(4)22-23(19)5/h12-13,15H,6-11H2,1-5H3. The number of carbonyl (C=O) groups excluding carboxylic acids is 1. The summed E-state index contributed by atoms with van der Waals surface area (Å²) >= 11 is 0. The van der Waals surface area contributed by atoms with Crippen molar-refractivity contribution in [3.63, 3.8) is 0 Å². The summed E-state index contributed by atoms with van der Waals surface area (Å²) in [5.74, 6) is 0.645. The van der Waals surface area contributed by atoms with E-state index in [1.807, 2.05) is 29.6 Å². The van der Waals surface area contributed by atoms with Crippen molar-refractivity contribution in [3.05, 3.63) is 23.0 Å². The van der Waals surface area contributed by atoms with Gasteiger partial charge in [0.15, 0.2) is 5.65 Å². The summed E-state index contributed by atoms with van der Waals surface area (Å²) < 4.78 is 1.81. The van der Waals surface area contributed by atoms with E-state index in [1.54, 1.807) is 0 Å². The molecule has 0 spiro atoms. The van der Waals surface area contributed by atoms with Crippen LogP contribution in [-0.2, 0) is 7.05 Å². The Morgan fingerprint density at radius 1 is 1.40 bits per heavy atom. The highest BCUT2D eigenvalue weighted by atomic mass is 16.2. The molecule has 1 fully saturated rings. The molecule has 0 saturated heterocycles. The normalized spacial score (nSPS) is 15.6. The van der Waals surface area contributed by atoms with E-state index in [-0.39, 0.29) is 11.9 Å². The second-order valence-corrected chi connectivity index (χ2v) is 7.39. The summed E-state index contributed by atoms with van der Waals surface area (Å²) in [4.78, 5) is 20.3. The number of pyridine rings is 1. The van der Waals surface area contributed by atoms with Gasteiger partial charge in [-0.05, 0) is 45.6 Å². The van der Waals surface area contributed by atoms with E-state index in [1.165, 1.54) is 12.8 Å². The van der Waals surface area contributed by atoms with Gasteiger partial charge in [-0.2, -0.15) is 5.10 Å². The van der Waals surface area contributed by atoms with E-state index < -0.39 is 0 Å². The Labute approximate surface area is 150 Å². The van der Waals surface area contributed by atoms with Crippen molar-refractivity contribution < 1.29 is 4.79 Å². The monoisotopic (exact) mass is 342 g/mol. The van der Waals surface area contributed by atoms with E-state index in [0.717, 1.165) is 53.8 Å². The van der Waals surface area contributed by atoms with Crippen molar-refractivity contribution >= 4 is 16.9 Å². The first-order valence-corrected chi connectivity index (χ1v) is 9.63. The van der Waals surface area contributed by atoms with Crippen molar-refractivity contribution in [1.82, 2.24) is 19.7 Å². The third-order valence-corrected chi connectivity index (χ3v) is 5.35. The lowest BCUT2D eigenvalue weighted by Crippen LogP contribution is -2.39. The Kier molecular flexibility index (Phi) is 5.11. The molecule has 0 aromatic carbocycles. The van der Waals surface area contributed by atoms with E-state index in [2.05, 4.69) is 25.9 Å². The molecule has 136 valence electrons. The summed E-state index contributed by atoms with van der Waals surface area (Å²) in [6.07, 6.45) is 5.43. The predicted molar refractivity (Wildman–Crippen MR) is 101 cm³/mol. The Balaban J connectivity index is 2.09. The first kappa shape index (κ1) is 17.9. The van der Waals surface area contributed by atoms with Gasteiger partial charge in [-0.3, -0.25) is 9.48 Å². The number of hydrogen-bond acceptors (Lipinski definition) is 3. The van der Waals surface area contributed by atoms with Crippen LogP contribution in [0, 0.1) is 6.92 Å². The van der Waals surface area contributed by atoms with Gasteiger partial charge in [0.2, 0.25) is 0 Å². The first-order chi connectivity index (χ1) is 12.0. The highest BCUT2D eigenvalue weighted by molar-refractivity contribution is 6.06. The van der Waals surface area contributed by atoms with Crippen molar-refractivity contribution in [3.8, 4) is 0 Å². The average Bonchev–Trinajstić information content (AvgIpc) is 3.41. The maximum absolute atomic E-state index is 13.5. The molecule has 1 aliphatic carbocycles. The zero-order valence-corrected chi connectivity index (χ0v) is 16.2. The second kappa shape index (κ2) is 7.14. The number of unbranched alkanes of at least 4 members (excludes halogenated alkanes) is 1. The Morgan fingerprint density at radius 3 is 2.72 bits per heavy atom. The highest BCUT2D eigenvalue weighted by Gasteiger charge is 2.30. The number of nitrogens with zero attached hydrogens (tertiary/aromatic N) is 4. The summed E-state index contributed by atoms with van der Waals surface area (Å²) in [6, 6.07) is 2.28. The van der Waals surface area contributed by atoms with Crippen LogP contribution >= 0.6 is 0 Å². The number of rotatable bonds is 7. The van der Waals surface area contributed by atoms with Crippen LogP contribution in [0.15, 0.2) is 6.07 Å². The Morgan fingerprint density at radius 2 is 2.12 bits per heavy atom. The fourth-order valence-corrected chi connectivity index (χ4v) is 3.45. The number of hydrogen-bond donors (Lipinski definition) is 0.